The molecule has 19 heavy (non-hydrogen) atoms. The number of aromatic nitrogens is 2. The molecule has 2 aromatic heterocycles. The van der Waals surface area contributed by atoms with Crippen LogP contribution < -0.4 is 11.1 Å². The smallest absolute Gasteiger partial charge is 0.130 e. The molecule has 0 radical (unpaired) electrons. The molecule has 1 aromatic carbocycles. The molecule has 2 heterocycles. The van der Waals surface area contributed by atoms with Crippen molar-refractivity contribution >= 4 is 50.3 Å². The Morgan fingerprint density at radius 1 is 1.21 bits per heavy atom. The van der Waals surface area contributed by atoms with Crippen LogP contribution in [-0.2, 0) is 0 Å². The van der Waals surface area contributed by atoms with E-state index in [-0.39, 0.29) is 0 Å². The predicted octanol–water partition coefficient (Wildman–Crippen LogP) is 3.07. The molecule has 3 N–H and O–H groups in total. The molecule has 0 saturated heterocycles. The first-order valence-corrected chi connectivity index (χ1v) is 6.87. The van der Waals surface area contributed by atoms with Crippen molar-refractivity contribution in [2.75, 3.05) is 5.32 Å². The zero-order valence-electron chi connectivity index (χ0n) is 9.83. The van der Waals surface area contributed by atoms with E-state index >= 15 is 0 Å². The summed E-state index contributed by atoms with van der Waals surface area (Å²) < 4.78 is 1.13. The summed E-state index contributed by atoms with van der Waals surface area (Å²) >= 11 is 6.56. The number of nitrogens with one attached hydrogen (secondary N) is 1. The summed E-state index contributed by atoms with van der Waals surface area (Å²) in [7, 11) is 0. The first-order valence-electron chi connectivity index (χ1n) is 5.58. The molecule has 0 saturated carbocycles. The van der Waals surface area contributed by atoms with E-state index < -0.39 is 0 Å². The summed E-state index contributed by atoms with van der Waals surface area (Å²) in [4.78, 5) is 8.86. The molecule has 4 nitrogen and oxygen atoms in total. The quantitative estimate of drug-likeness (QED) is 0.724. The van der Waals surface area contributed by atoms with E-state index in [4.69, 9.17) is 18.0 Å². The second kappa shape index (κ2) is 4.91. The number of nitrogens with zero attached hydrogens (tertiary/aromatic N) is 2. The van der Waals surface area contributed by atoms with Crippen molar-refractivity contribution in [3.8, 4) is 0 Å². The molecule has 3 aromatic rings. The fourth-order valence-corrected chi connectivity index (χ4v) is 2.58. The second-order valence-corrected chi connectivity index (χ2v) is 5.28. The molecule has 0 amide bonds. The Kier molecular flexibility index (Phi) is 3.10. The third-order valence-corrected chi connectivity index (χ3v) is 3.68. The first kappa shape index (κ1) is 12.0. The highest BCUT2D eigenvalue weighted by Gasteiger charge is 2.02. The van der Waals surface area contributed by atoms with Gasteiger partial charge in [-0.1, -0.05) is 12.2 Å². The molecule has 0 aliphatic carbocycles. The Hall–Kier alpha value is -2.05. The third-order valence-electron chi connectivity index (χ3n) is 2.65. The molecular formula is C13H10N4S2. The molecule has 3 rings (SSSR count). The number of thiocarbonyl (C=S) groups is 1. The van der Waals surface area contributed by atoms with E-state index in [2.05, 4.69) is 15.3 Å². The number of anilines is 2. The van der Waals surface area contributed by atoms with E-state index in [9.17, 15) is 0 Å². The Morgan fingerprint density at radius 2 is 2.11 bits per heavy atom. The number of rotatable bonds is 3. The fourth-order valence-electron chi connectivity index (χ4n) is 1.73. The van der Waals surface area contributed by atoms with Gasteiger partial charge >= 0.3 is 0 Å². The van der Waals surface area contributed by atoms with Crippen molar-refractivity contribution in [2.45, 2.75) is 0 Å². The molecule has 0 bridgehead atoms. The number of benzene rings is 1. The summed E-state index contributed by atoms with van der Waals surface area (Å²) in [6.45, 7) is 0. The van der Waals surface area contributed by atoms with Gasteiger partial charge in [-0.2, -0.15) is 0 Å². The zero-order valence-corrected chi connectivity index (χ0v) is 11.5. The van der Waals surface area contributed by atoms with Gasteiger partial charge in [0.25, 0.3) is 0 Å². The van der Waals surface area contributed by atoms with Gasteiger partial charge in [0, 0.05) is 17.4 Å². The van der Waals surface area contributed by atoms with Crippen LogP contribution >= 0.6 is 23.6 Å². The fraction of sp³-hybridized carbons (Fsp3) is 0. The molecule has 0 unspecified atom stereocenters. The van der Waals surface area contributed by atoms with Gasteiger partial charge in [-0.25, -0.2) is 9.97 Å². The van der Waals surface area contributed by atoms with Gasteiger partial charge in [0.15, 0.2) is 0 Å². The lowest BCUT2D eigenvalue weighted by atomic mass is 10.2. The Morgan fingerprint density at radius 3 is 2.95 bits per heavy atom. The summed E-state index contributed by atoms with van der Waals surface area (Å²) in [5.41, 5.74) is 10.2. The van der Waals surface area contributed by atoms with Crippen LogP contribution in [0.15, 0.2) is 42.0 Å². The molecule has 0 atom stereocenters. The summed E-state index contributed by atoms with van der Waals surface area (Å²) in [6.07, 6.45) is 1.68. The van der Waals surface area contributed by atoms with Crippen molar-refractivity contribution in [1.82, 2.24) is 9.97 Å². The van der Waals surface area contributed by atoms with Crippen molar-refractivity contribution < 1.29 is 0 Å². The minimum Gasteiger partial charge on any atom is -0.389 e. The van der Waals surface area contributed by atoms with E-state index in [1.165, 1.54) is 0 Å². The van der Waals surface area contributed by atoms with Gasteiger partial charge in [-0.3, -0.25) is 0 Å². The van der Waals surface area contributed by atoms with Crippen LogP contribution in [0.1, 0.15) is 5.56 Å². The Balaban J connectivity index is 1.91. The monoisotopic (exact) mass is 286 g/mol. The summed E-state index contributed by atoms with van der Waals surface area (Å²) in [5, 5.41) is 3.23. The molecule has 94 valence electrons. The number of nitrogens with two attached hydrogens (primary N) is 1. The zero-order chi connectivity index (χ0) is 13.2. The molecule has 0 aliphatic rings. The average Bonchev–Trinajstić information content (AvgIpc) is 2.86. The standard InChI is InChI=1S/C13H10N4S2/c14-13(18)8-3-4-15-12(5-8)17-9-1-2-10-11(6-9)19-7-16-10/h1-7H,(H2,14,18)(H,15,17). The first-order chi connectivity index (χ1) is 9.22. The van der Waals surface area contributed by atoms with Gasteiger partial charge in [0.2, 0.25) is 0 Å². The van der Waals surface area contributed by atoms with E-state index in [0.717, 1.165) is 21.5 Å². The molecular weight excluding hydrogens is 276 g/mol. The number of thiazole rings is 1. The van der Waals surface area contributed by atoms with Gasteiger partial charge in [0.1, 0.15) is 10.8 Å². The van der Waals surface area contributed by atoms with E-state index in [1.807, 2.05) is 29.8 Å². The van der Waals surface area contributed by atoms with Crippen LogP contribution in [0.5, 0.6) is 0 Å². The lowest BCUT2D eigenvalue weighted by molar-refractivity contribution is 1.30. The van der Waals surface area contributed by atoms with Crippen molar-refractivity contribution in [3.63, 3.8) is 0 Å². The third kappa shape index (κ3) is 2.54. The lowest BCUT2D eigenvalue weighted by Crippen LogP contribution is -2.09. The van der Waals surface area contributed by atoms with Crippen molar-refractivity contribution in [1.29, 1.82) is 0 Å². The van der Waals surface area contributed by atoms with Crippen molar-refractivity contribution in [2.24, 2.45) is 5.73 Å². The largest absolute Gasteiger partial charge is 0.389 e. The maximum Gasteiger partial charge on any atom is 0.130 e. The topological polar surface area (TPSA) is 63.8 Å². The van der Waals surface area contributed by atoms with Gasteiger partial charge < -0.3 is 11.1 Å². The number of hydrogen-bond acceptors (Lipinski definition) is 5. The maximum atomic E-state index is 5.61. The van der Waals surface area contributed by atoms with Gasteiger partial charge in [0.05, 0.1) is 15.7 Å². The molecule has 0 spiro atoms. The second-order valence-electron chi connectivity index (χ2n) is 3.95. The van der Waals surface area contributed by atoms with E-state index in [1.54, 1.807) is 23.6 Å². The normalized spacial score (nSPS) is 10.5. The Labute approximate surface area is 119 Å². The van der Waals surface area contributed by atoms with E-state index in [0.29, 0.717) is 10.8 Å². The predicted molar refractivity (Wildman–Crippen MR) is 83.0 cm³/mol. The maximum absolute atomic E-state index is 5.61. The minimum absolute atomic E-state index is 0.364. The van der Waals surface area contributed by atoms with Crippen LogP contribution in [0.3, 0.4) is 0 Å². The highest BCUT2D eigenvalue weighted by atomic mass is 32.1. The SMILES string of the molecule is NC(=S)c1ccnc(Nc2ccc3ncsc3c2)c1. The summed E-state index contributed by atoms with van der Waals surface area (Å²) in [5.74, 6) is 0.717. The van der Waals surface area contributed by atoms with Crippen LogP contribution in [0.4, 0.5) is 11.5 Å². The highest BCUT2D eigenvalue weighted by Crippen LogP contribution is 2.23. The lowest BCUT2D eigenvalue weighted by Gasteiger charge is -2.06. The van der Waals surface area contributed by atoms with Crippen LogP contribution in [0, 0.1) is 0 Å². The molecule has 0 fully saturated rings. The van der Waals surface area contributed by atoms with Crippen LogP contribution in [0.2, 0.25) is 0 Å². The molecule has 0 aliphatic heterocycles. The Bertz CT molecular complexity index is 751. The van der Waals surface area contributed by atoms with Crippen LogP contribution in [0.25, 0.3) is 10.2 Å². The highest BCUT2D eigenvalue weighted by molar-refractivity contribution is 7.80. The van der Waals surface area contributed by atoms with Crippen molar-refractivity contribution in [3.05, 3.63) is 47.6 Å². The van der Waals surface area contributed by atoms with Gasteiger partial charge in [-0.15, -0.1) is 11.3 Å². The number of hydrogen-bond donors (Lipinski definition) is 2. The number of pyridine rings is 1. The number of fused-ring (bicyclic) bond motifs is 1. The van der Waals surface area contributed by atoms with Crippen LogP contribution in [-0.4, -0.2) is 15.0 Å². The minimum atomic E-state index is 0.364. The molecule has 6 heteroatoms. The summed E-state index contributed by atoms with van der Waals surface area (Å²) in [6, 6.07) is 9.62. The van der Waals surface area contributed by atoms with Gasteiger partial charge in [-0.05, 0) is 30.3 Å². The average molecular weight is 286 g/mol.